The lowest BCUT2D eigenvalue weighted by Gasteiger charge is -2.09. The van der Waals surface area contributed by atoms with E-state index in [0.29, 0.717) is 27.5 Å². The zero-order valence-corrected chi connectivity index (χ0v) is 20.4. The molecule has 2 aromatic heterocycles. The largest absolute Gasteiger partial charge is 0.493 e. The van der Waals surface area contributed by atoms with Gasteiger partial charge >= 0.3 is 0 Å². The van der Waals surface area contributed by atoms with Crippen LogP contribution in [0.1, 0.15) is 46.2 Å². The minimum absolute atomic E-state index is 0.0118. The minimum Gasteiger partial charge on any atom is -0.493 e. The fraction of sp³-hybridized carbons (Fsp3) is 0.179. The number of Topliss-reactive ketones (excluding diaryl/α,β-unsaturated/α-hetero) is 2. The average Bonchev–Trinajstić information content (AvgIpc) is 3.32. The summed E-state index contributed by atoms with van der Waals surface area (Å²) in [6.45, 7) is 1.89. The molecule has 0 atom stereocenters. The Morgan fingerprint density at radius 1 is 1.00 bits per heavy atom. The van der Waals surface area contributed by atoms with Crippen LogP contribution in [0.4, 0.5) is 4.39 Å². The molecule has 0 spiro atoms. The highest BCUT2D eigenvalue weighted by atomic mass is 32.1. The van der Waals surface area contributed by atoms with Crippen LogP contribution in [0.25, 0.3) is 27.4 Å². The molecular weight excluding hydrogens is 465 g/mol. The standard InChI is InChI=1S/C28H24FNO4S/c1-4-6-17-13-22(20-16-35-28-19(20)7-5-8-21(28)29)30-23(14-17)25(32)11-10-24(31)18-9-12-26(33-2)27(15-18)34-3/h4-9,12-16H,10-11H2,1-3H3/b6-4-. The lowest BCUT2D eigenvalue weighted by atomic mass is 10.0. The maximum absolute atomic E-state index is 14.2. The van der Waals surface area contributed by atoms with Gasteiger partial charge in [0, 0.05) is 34.7 Å². The number of ketones is 2. The normalized spacial score (nSPS) is 11.2. The van der Waals surface area contributed by atoms with Gasteiger partial charge in [-0.3, -0.25) is 9.59 Å². The van der Waals surface area contributed by atoms with E-state index in [4.69, 9.17) is 9.47 Å². The van der Waals surface area contributed by atoms with Crippen molar-refractivity contribution in [3.63, 3.8) is 0 Å². The van der Waals surface area contributed by atoms with E-state index >= 15 is 0 Å². The summed E-state index contributed by atoms with van der Waals surface area (Å²) in [5.74, 6) is 0.280. The van der Waals surface area contributed by atoms with Crippen LogP contribution in [0.15, 0.2) is 60.0 Å². The SMILES string of the molecule is C/C=C\c1cc(C(=O)CCC(=O)c2ccc(OC)c(OC)c2)nc(-c2csc3c(F)cccc23)c1. The molecule has 0 fully saturated rings. The number of aromatic nitrogens is 1. The van der Waals surface area contributed by atoms with Gasteiger partial charge in [0.25, 0.3) is 0 Å². The van der Waals surface area contributed by atoms with E-state index in [9.17, 15) is 14.0 Å². The van der Waals surface area contributed by atoms with E-state index in [1.54, 1.807) is 30.3 Å². The maximum Gasteiger partial charge on any atom is 0.181 e. The number of fused-ring (bicyclic) bond motifs is 1. The second kappa shape index (κ2) is 10.6. The number of benzene rings is 2. The van der Waals surface area contributed by atoms with E-state index in [2.05, 4.69) is 4.98 Å². The summed E-state index contributed by atoms with van der Waals surface area (Å²) in [7, 11) is 3.03. The second-order valence-corrected chi connectivity index (χ2v) is 8.73. The number of rotatable bonds is 9. The summed E-state index contributed by atoms with van der Waals surface area (Å²) in [4.78, 5) is 30.4. The Labute approximate surface area is 206 Å². The molecule has 7 heteroatoms. The molecule has 0 aliphatic rings. The Hall–Kier alpha value is -3.84. The van der Waals surface area contributed by atoms with Crippen molar-refractivity contribution in [2.45, 2.75) is 19.8 Å². The number of ether oxygens (including phenoxy) is 2. The number of nitrogens with zero attached hydrogens (tertiary/aromatic N) is 1. The van der Waals surface area contributed by atoms with Gasteiger partial charge in [0.05, 0.1) is 24.6 Å². The predicted molar refractivity (Wildman–Crippen MR) is 137 cm³/mol. The first kappa shape index (κ1) is 24.3. The molecule has 2 heterocycles. The van der Waals surface area contributed by atoms with E-state index in [1.165, 1.54) is 31.6 Å². The van der Waals surface area contributed by atoms with Crippen LogP contribution in [0.3, 0.4) is 0 Å². The predicted octanol–water partition coefficient (Wildman–Crippen LogP) is 7.00. The van der Waals surface area contributed by atoms with Crippen molar-refractivity contribution >= 4 is 39.1 Å². The van der Waals surface area contributed by atoms with Crippen molar-refractivity contribution in [2.24, 2.45) is 0 Å². The van der Waals surface area contributed by atoms with Crippen LogP contribution in [-0.2, 0) is 0 Å². The van der Waals surface area contributed by atoms with Crippen molar-refractivity contribution in [3.8, 4) is 22.8 Å². The molecule has 5 nitrogen and oxygen atoms in total. The topological polar surface area (TPSA) is 65.5 Å². The second-order valence-electron chi connectivity index (χ2n) is 7.85. The average molecular weight is 490 g/mol. The monoisotopic (exact) mass is 489 g/mol. The van der Waals surface area contributed by atoms with Gasteiger partial charge in [-0.15, -0.1) is 11.3 Å². The van der Waals surface area contributed by atoms with Crippen molar-refractivity contribution in [3.05, 3.63) is 82.6 Å². The Morgan fingerprint density at radius 3 is 2.51 bits per heavy atom. The molecular formula is C28H24FNO4S. The highest BCUT2D eigenvalue weighted by Gasteiger charge is 2.17. The Kier molecular flexibility index (Phi) is 7.36. The number of hydrogen-bond acceptors (Lipinski definition) is 6. The van der Waals surface area contributed by atoms with Crippen molar-refractivity contribution in [1.29, 1.82) is 0 Å². The van der Waals surface area contributed by atoms with Crippen LogP contribution >= 0.6 is 11.3 Å². The smallest absolute Gasteiger partial charge is 0.181 e. The molecule has 0 amide bonds. The molecule has 0 unspecified atom stereocenters. The molecule has 0 aliphatic carbocycles. The zero-order chi connectivity index (χ0) is 24.9. The molecule has 178 valence electrons. The van der Waals surface area contributed by atoms with Gasteiger partial charge in [-0.05, 0) is 48.9 Å². The fourth-order valence-corrected chi connectivity index (χ4v) is 4.82. The van der Waals surface area contributed by atoms with Crippen molar-refractivity contribution in [1.82, 2.24) is 4.98 Å². The highest BCUT2D eigenvalue weighted by Crippen LogP contribution is 2.35. The Morgan fingerprint density at radius 2 is 1.77 bits per heavy atom. The molecule has 0 radical (unpaired) electrons. The summed E-state index contributed by atoms with van der Waals surface area (Å²) < 4.78 is 25.2. The number of pyridine rings is 1. The number of allylic oxidation sites excluding steroid dienone is 1. The fourth-order valence-electron chi connectivity index (χ4n) is 3.85. The molecule has 2 aromatic carbocycles. The van der Waals surface area contributed by atoms with Gasteiger partial charge < -0.3 is 9.47 Å². The highest BCUT2D eigenvalue weighted by molar-refractivity contribution is 7.17. The minimum atomic E-state index is -0.284. The van der Waals surface area contributed by atoms with Gasteiger partial charge in [-0.25, -0.2) is 9.37 Å². The quantitative estimate of drug-likeness (QED) is 0.237. The summed E-state index contributed by atoms with van der Waals surface area (Å²) in [6, 6.07) is 13.4. The summed E-state index contributed by atoms with van der Waals surface area (Å²) >= 11 is 1.30. The van der Waals surface area contributed by atoms with Crippen LogP contribution < -0.4 is 9.47 Å². The number of carbonyl (C=O) groups excluding carboxylic acids is 2. The zero-order valence-electron chi connectivity index (χ0n) is 19.6. The van der Waals surface area contributed by atoms with E-state index in [-0.39, 0.29) is 35.9 Å². The molecule has 0 bridgehead atoms. The molecule has 0 aliphatic heterocycles. The number of hydrogen-bond donors (Lipinski definition) is 0. The molecule has 0 saturated heterocycles. The first-order valence-electron chi connectivity index (χ1n) is 11.0. The third kappa shape index (κ3) is 5.15. The molecule has 35 heavy (non-hydrogen) atoms. The first-order chi connectivity index (χ1) is 16.9. The Balaban J connectivity index is 1.59. The van der Waals surface area contributed by atoms with Gasteiger partial charge in [-0.1, -0.05) is 24.3 Å². The van der Waals surface area contributed by atoms with E-state index < -0.39 is 0 Å². The summed E-state index contributed by atoms with van der Waals surface area (Å²) in [6.07, 6.45) is 3.80. The van der Waals surface area contributed by atoms with Gasteiger partial charge in [-0.2, -0.15) is 0 Å². The Bertz CT molecular complexity index is 1440. The van der Waals surface area contributed by atoms with Crippen LogP contribution in [-0.4, -0.2) is 30.8 Å². The molecule has 0 N–H and O–H groups in total. The third-order valence-electron chi connectivity index (χ3n) is 5.60. The lowest BCUT2D eigenvalue weighted by Crippen LogP contribution is -2.08. The number of methoxy groups -OCH3 is 2. The van der Waals surface area contributed by atoms with Crippen LogP contribution in [0.2, 0.25) is 0 Å². The van der Waals surface area contributed by atoms with Crippen LogP contribution in [0.5, 0.6) is 11.5 Å². The van der Waals surface area contributed by atoms with Gasteiger partial charge in [0.1, 0.15) is 11.5 Å². The van der Waals surface area contributed by atoms with Crippen molar-refractivity contribution < 1.29 is 23.5 Å². The van der Waals surface area contributed by atoms with Crippen molar-refractivity contribution in [2.75, 3.05) is 14.2 Å². The van der Waals surface area contributed by atoms with Gasteiger partial charge in [0.2, 0.25) is 0 Å². The van der Waals surface area contributed by atoms with Crippen LogP contribution in [0, 0.1) is 5.82 Å². The third-order valence-corrected chi connectivity index (χ3v) is 6.61. The summed E-state index contributed by atoms with van der Waals surface area (Å²) in [5.41, 5.74) is 2.88. The molecule has 0 saturated carbocycles. The number of halogens is 1. The first-order valence-corrected chi connectivity index (χ1v) is 11.9. The molecule has 4 rings (SSSR count). The van der Waals surface area contributed by atoms with E-state index in [1.807, 2.05) is 36.6 Å². The van der Waals surface area contributed by atoms with E-state index in [0.717, 1.165) is 16.5 Å². The number of thiophene rings is 1. The lowest BCUT2D eigenvalue weighted by molar-refractivity contribution is 0.0915. The molecule has 4 aromatic rings. The summed E-state index contributed by atoms with van der Waals surface area (Å²) in [5, 5.41) is 2.60. The van der Waals surface area contributed by atoms with Gasteiger partial charge in [0.15, 0.2) is 23.1 Å². The number of carbonyl (C=O) groups is 2. The maximum atomic E-state index is 14.2.